The molecule has 0 aliphatic carbocycles. The molecule has 0 atom stereocenters. The van der Waals surface area contributed by atoms with Gasteiger partial charge in [-0.2, -0.15) is 0 Å². The van der Waals surface area contributed by atoms with Crippen molar-refractivity contribution >= 4 is 43.7 Å². The first kappa shape index (κ1) is 21.8. The van der Waals surface area contributed by atoms with Crippen LogP contribution in [0.1, 0.15) is 0 Å². The van der Waals surface area contributed by atoms with Crippen molar-refractivity contribution < 1.29 is 9.52 Å². The molecule has 2 heterocycles. The summed E-state index contributed by atoms with van der Waals surface area (Å²) in [7, 11) is 0. The fraction of sp³-hybridized carbons (Fsp3) is 0. The molecule has 0 fully saturated rings. The predicted octanol–water partition coefficient (Wildman–Crippen LogP) is 9.72. The Kier molecular flexibility index (Phi) is 4.67. The van der Waals surface area contributed by atoms with Crippen LogP contribution in [0.15, 0.2) is 138 Å². The molecule has 0 amide bonds. The molecule has 0 bridgehead atoms. The number of fused-ring (bicyclic) bond motifs is 6. The van der Waals surface area contributed by atoms with Gasteiger partial charge in [-0.3, -0.25) is 0 Å². The highest BCUT2D eigenvalue weighted by Crippen LogP contribution is 2.42. The van der Waals surface area contributed by atoms with Gasteiger partial charge in [-0.15, -0.1) is 0 Å². The third-order valence-corrected chi connectivity index (χ3v) is 7.69. The number of aromatic nitrogens is 1. The SMILES string of the molecule is Oc1cccc(-c2c(-c3ccc4c(c3)oc3ccccc34)cccc2-n2c3ccccc3c3ccccc32)c1. The van der Waals surface area contributed by atoms with Crippen LogP contribution >= 0.6 is 0 Å². The highest BCUT2D eigenvalue weighted by atomic mass is 16.3. The van der Waals surface area contributed by atoms with E-state index in [1.165, 1.54) is 10.8 Å². The molecule has 0 aliphatic rings. The van der Waals surface area contributed by atoms with Gasteiger partial charge in [0, 0.05) is 27.1 Å². The number of phenolic OH excluding ortho intramolecular Hbond substituents is 1. The summed E-state index contributed by atoms with van der Waals surface area (Å²) in [5, 5.41) is 15.1. The minimum absolute atomic E-state index is 0.239. The lowest BCUT2D eigenvalue weighted by Gasteiger charge is -2.18. The van der Waals surface area contributed by atoms with Gasteiger partial charge in [-0.25, -0.2) is 0 Å². The molecule has 0 saturated carbocycles. The van der Waals surface area contributed by atoms with Crippen LogP contribution < -0.4 is 0 Å². The minimum atomic E-state index is 0.239. The molecule has 0 unspecified atom stereocenters. The first-order valence-corrected chi connectivity index (χ1v) is 13.1. The van der Waals surface area contributed by atoms with Crippen molar-refractivity contribution in [2.75, 3.05) is 0 Å². The van der Waals surface area contributed by atoms with E-state index in [0.29, 0.717) is 0 Å². The molecule has 0 spiro atoms. The van der Waals surface area contributed by atoms with E-state index in [1.54, 1.807) is 6.07 Å². The number of furan rings is 1. The molecule has 3 nitrogen and oxygen atoms in total. The van der Waals surface area contributed by atoms with Crippen LogP contribution in [0.2, 0.25) is 0 Å². The van der Waals surface area contributed by atoms with Crippen molar-refractivity contribution in [3.63, 3.8) is 0 Å². The third kappa shape index (κ3) is 3.30. The van der Waals surface area contributed by atoms with Crippen molar-refractivity contribution in [1.82, 2.24) is 4.57 Å². The van der Waals surface area contributed by atoms with Gasteiger partial charge in [0.1, 0.15) is 16.9 Å². The Hall–Kier alpha value is -5.28. The number of hydrogen-bond donors (Lipinski definition) is 1. The van der Waals surface area contributed by atoms with E-state index < -0.39 is 0 Å². The van der Waals surface area contributed by atoms with Crippen LogP contribution in [0, 0.1) is 0 Å². The van der Waals surface area contributed by atoms with Gasteiger partial charge >= 0.3 is 0 Å². The van der Waals surface area contributed by atoms with Gasteiger partial charge in [-0.1, -0.05) is 84.9 Å². The van der Waals surface area contributed by atoms with E-state index in [0.717, 1.165) is 60.9 Å². The fourth-order valence-electron chi connectivity index (χ4n) is 6.01. The van der Waals surface area contributed by atoms with Crippen LogP contribution in [-0.2, 0) is 0 Å². The van der Waals surface area contributed by atoms with Crippen LogP contribution in [0.5, 0.6) is 5.75 Å². The second-order valence-corrected chi connectivity index (χ2v) is 9.93. The Bertz CT molecular complexity index is 2140. The molecule has 184 valence electrons. The van der Waals surface area contributed by atoms with Gasteiger partial charge in [0.05, 0.1) is 16.7 Å². The number of phenols is 1. The lowest BCUT2D eigenvalue weighted by atomic mass is 9.92. The number of nitrogens with zero attached hydrogens (tertiary/aromatic N) is 1. The maximum absolute atomic E-state index is 10.5. The Labute approximate surface area is 224 Å². The second-order valence-electron chi connectivity index (χ2n) is 9.93. The Morgan fingerprint density at radius 3 is 1.92 bits per heavy atom. The maximum Gasteiger partial charge on any atom is 0.136 e. The molecular formula is C36H23NO2. The molecule has 8 aromatic rings. The number of aromatic hydroxyl groups is 1. The maximum atomic E-state index is 10.5. The van der Waals surface area contributed by atoms with E-state index in [9.17, 15) is 5.11 Å². The summed E-state index contributed by atoms with van der Waals surface area (Å²) >= 11 is 0. The Morgan fingerprint density at radius 1 is 0.487 bits per heavy atom. The molecule has 0 aliphatic heterocycles. The fourth-order valence-corrected chi connectivity index (χ4v) is 6.01. The first-order chi connectivity index (χ1) is 19.3. The number of para-hydroxylation sites is 3. The van der Waals surface area contributed by atoms with Crippen LogP contribution in [0.25, 0.3) is 71.7 Å². The molecular weight excluding hydrogens is 478 g/mol. The van der Waals surface area contributed by atoms with Crippen molar-refractivity contribution in [3.05, 3.63) is 133 Å². The molecule has 6 aromatic carbocycles. The second kappa shape index (κ2) is 8.37. The van der Waals surface area contributed by atoms with Crippen LogP contribution in [-0.4, -0.2) is 9.67 Å². The molecule has 1 N–H and O–H groups in total. The van der Waals surface area contributed by atoms with E-state index >= 15 is 0 Å². The summed E-state index contributed by atoms with van der Waals surface area (Å²) in [5.74, 6) is 0.239. The summed E-state index contributed by atoms with van der Waals surface area (Å²) < 4.78 is 8.59. The van der Waals surface area contributed by atoms with Crippen LogP contribution in [0.4, 0.5) is 0 Å². The zero-order valence-corrected chi connectivity index (χ0v) is 21.0. The highest BCUT2D eigenvalue weighted by molar-refractivity contribution is 6.10. The van der Waals surface area contributed by atoms with E-state index in [-0.39, 0.29) is 5.75 Å². The van der Waals surface area contributed by atoms with Gasteiger partial charge < -0.3 is 14.1 Å². The van der Waals surface area contributed by atoms with Crippen molar-refractivity contribution in [3.8, 4) is 33.7 Å². The molecule has 39 heavy (non-hydrogen) atoms. The van der Waals surface area contributed by atoms with Crippen LogP contribution in [0.3, 0.4) is 0 Å². The minimum Gasteiger partial charge on any atom is -0.508 e. The summed E-state index contributed by atoms with van der Waals surface area (Å²) in [6.07, 6.45) is 0. The Morgan fingerprint density at radius 2 is 1.15 bits per heavy atom. The average Bonchev–Trinajstić information content (AvgIpc) is 3.52. The lowest BCUT2D eigenvalue weighted by molar-refractivity contribution is 0.475. The molecule has 0 saturated heterocycles. The molecule has 2 aromatic heterocycles. The van der Waals surface area contributed by atoms with E-state index in [2.05, 4.69) is 102 Å². The van der Waals surface area contributed by atoms with Gasteiger partial charge in [-0.05, 0) is 65.2 Å². The lowest BCUT2D eigenvalue weighted by Crippen LogP contribution is -1.99. The molecule has 0 radical (unpaired) electrons. The molecule has 8 rings (SSSR count). The number of hydrogen-bond acceptors (Lipinski definition) is 2. The van der Waals surface area contributed by atoms with Gasteiger partial charge in [0.25, 0.3) is 0 Å². The first-order valence-electron chi connectivity index (χ1n) is 13.1. The van der Waals surface area contributed by atoms with Crippen molar-refractivity contribution in [1.29, 1.82) is 0 Å². The molecule has 3 heteroatoms. The van der Waals surface area contributed by atoms with Crippen molar-refractivity contribution in [2.45, 2.75) is 0 Å². The monoisotopic (exact) mass is 501 g/mol. The predicted molar refractivity (Wildman–Crippen MR) is 161 cm³/mol. The van der Waals surface area contributed by atoms with Gasteiger partial charge in [0.15, 0.2) is 0 Å². The summed E-state index contributed by atoms with van der Waals surface area (Å²) in [5.41, 5.74) is 9.22. The zero-order chi connectivity index (χ0) is 25.9. The highest BCUT2D eigenvalue weighted by Gasteiger charge is 2.19. The Balaban J connectivity index is 1.47. The topological polar surface area (TPSA) is 38.3 Å². The number of rotatable bonds is 3. The number of benzene rings is 6. The van der Waals surface area contributed by atoms with E-state index in [1.807, 2.05) is 30.3 Å². The van der Waals surface area contributed by atoms with Crippen molar-refractivity contribution in [2.24, 2.45) is 0 Å². The summed E-state index contributed by atoms with van der Waals surface area (Å²) in [6, 6.07) is 45.6. The quantitative estimate of drug-likeness (QED) is 0.262. The largest absolute Gasteiger partial charge is 0.508 e. The summed E-state index contributed by atoms with van der Waals surface area (Å²) in [6.45, 7) is 0. The zero-order valence-electron chi connectivity index (χ0n) is 21.0. The van der Waals surface area contributed by atoms with E-state index in [4.69, 9.17) is 4.42 Å². The normalized spacial score (nSPS) is 11.7. The third-order valence-electron chi connectivity index (χ3n) is 7.69. The summed E-state index contributed by atoms with van der Waals surface area (Å²) in [4.78, 5) is 0. The average molecular weight is 502 g/mol. The smallest absolute Gasteiger partial charge is 0.136 e. The van der Waals surface area contributed by atoms with Gasteiger partial charge in [0.2, 0.25) is 0 Å². The standard InChI is InChI=1S/C36H23NO2/c38-25-10-7-9-24(21-25)36-26(23-19-20-30-29-13-3-6-18-34(29)39-35(30)22-23)14-8-17-33(36)37-31-15-4-1-11-27(31)28-12-2-5-16-32(28)37/h1-22,38H.